The molecule has 1 atom stereocenters. The van der Waals surface area contributed by atoms with E-state index >= 15 is 0 Å². The normalized spacial score (nSPS) is 17.6. The Morgan fingerprint density at radius 3 is 3.00 bits per heavy atom. The van der Waals surface area contributed by atoms with Gasteiger partial charge in [-0.3, -0.25) is 4.79 Å². The first kappa shape index (κ1) is 16.0. The Morgan fingerprint density at radius 2 is 2.16 bits per heavy atom. The Bertz CT molecular complexity index is 890. The number of benzene rings is 1. The van der Waals surface area contributed by atoms with Crippen LogP contribution in [0.4, 0.5) is 5.82 Å². The summed E-state index contributed by atoms with van der Waals surface area (Å²) in [7, 11) is 0. The van der Waals surface area contributed by atoms with Crippen LogP contribution in [0.1, 0.15) is 28.9 Å². The fourth-order valence-corrected chi connectivity index (χ4v) is 4.01. The molecule has 1 aliphatic heterocycles. The lowest BCUT2D eigenvalue weighted by Crippen LogP contribution is -2.48. The minimum Gasteiger partial charge on any atom is -0.353 e. The van der Waals surface area contributed by atoms with Crippen LogP contribution in [-0.2, 0) is 0 Å². The number of aromatic nitrogens is 2. The van der Waals surface area contributed by atoms with Gasteiger partial charge in [0.15, 0.2) is 5.82 Å². The zero-order chi connectivity index (χ0) is 17.2. The Labute approximate surface area is 150 Å². The lowest BCUT2D eigenvalue weighted by molar-refractivity contribution is 0.0933. The maximum absolute atomic E-state index is 12.6. The van der Waals surface area contributed by atoms with Crippen molar-refractivity contribution in [3.63, 3.8) is 0 Å². The zero-order valence-corrected chi connectivity index (χ0v) is 14.9. The number of hydrogen-bond donors (Lipinski definition) is 1. The van der Waals surface area contributed by atoms with Crippen molar-refractivity contribution in [3.8, 4) is 0 Å². The lowest BCUT2D eigenvalue weighted by Gasteiger charge is -2.33. The lowest BCUT2D eigenvalue weighted by atomic mass is 10.0. The van der Waals surface area contributed by atoms with Gasteiger partial charge in [0.25, 0.3) is 5.91 Å². The third kappa shape index (κ3) is 3.49. The van der Waals surface area contributed by atoms with Crippen molar-refractivity contribution in [1.82, 2.24) is 15.5 Å². The molecule has 5 nitrogen and oxygen atoms in total. The van der Waals surface area contributed by atoms with Crippen molar-refractivity contribution in [2.45, 2.75) is 25.8 Å². The summed E-state index contributed by atoms with van der Waals surface area (Å²) >= 11 is 1.69. The van der Waals surface area contributed by atoms with Crippen LogP contribution in [0.25, 0.3) is 10.1 Å². The van der Waals surface area contributed by atoms with Crippen LogP contribution in [0.5, 0.6) is 0 Å². The molecule has 0 aliphatic carbocycles. The summed E-state index contributed by atoms with van der Waals surface area (Å²) in [6.07, 6.45) is 2.02. The molecule has 1 aliphatic rings. The van der Waals surface area contributed by atoms with Gasteiger partial charge in [0.1, 0.15) is 0 Å². The number of amides is 1. The van der Waals surface area contributed by atoms with Gasteiger partial charge < -0.3 is 10.2 Å². The van der Waals surface area contributed by atoms with Crippen LogP contribution < -0.4 is 10.2 Å². The number of anilines is 1. The Balaban J connectivity index is 1.44. The third-order valence-electron chi connectivity index (χ3n) is 4.58. The van der Waals surface area contributed by atoms with Crippen molar-refractivity contribution >= 4 is 33.1 Å². The topological polar surface area (TPSA) is 58.1 Å². The van der Waals surface area contributed by atoms with Gasteiger partial charge >= 0.3 is 0 Å². The maximum Gasteiger partial charge on any atom is 0.251 e. The monoisotopic (exact) mass is 352 g/mol. The largest absolute Gasteiger partial charge is 0.353 e. The van der Waals surface area contributed by atoms with Crippen molar-refractivity contribution in [3.05, 3.63) is 53.0 Å². The molecule has 1 aromatic carbocycles. The fraction of sp³-hybridized carbons (Fsp3) is 0.316. The molecule has 6 heteroatoms. The average molecular weight is 352 g/mol. The molecule has 0 saturated carbocycles. The summed E-state index contributed by atoms with van der Waals surface area (Å²) < 4.78 is 1.21. The number of nitrogens with one attached hydrogen (secondary N) is 1. The molecule has 1 N–H and O–H groups in total. The van der Waals surface area contributed by atoms with E-state index in [-0.39, 0.29) is 11.9 Å². The van der Waals surface area contributed by atoms with Crippen molar-refractivity contribution in [2.24, 2.45) is 0 Å². The second-order valence-corrected chi connectivity index (χ2v) is 7.41. The summed E-state index contributed by atoms with van der Waals surface area (Å²) in [5, 5.41) is 14.8. The molecule has 1 amide bonds. The predicted molar refractivity (Wildman–Crippen MR) is 101 cm³/mol. The molecule has 1 saturated heterocycles. The molecule has 1 fully saturated rings. The van der Waals surface area contributed by atoms with Crippen LogP contribution in [-0.4, -0.2) is 35.2 Å². The first-order chi connectivity index (χ1) is 12.2. The van der Waals surface area contributed by atoms with Gasteiger partial charge in [0.2, 0.25) is 0 Å². The van der Waals surface area contributed by atoms with Gasteiger partial charge in [-0.25, -0.2) is 0 Å². The van der Waals surface area contributed by atoms with Crippen LogP contribution >= 0.6 is 11.3 Å². The van der Waals surface area contributed by atoms with Gasteiger partial charge in [-0.1, -0.05) is 0 Å². The highest BCUT2D eigenvalue weighted by atomic mass is 32.1. The van der Waals surface area contributed by atoms with Gasteiger partial charge in [0.05, 0.1) is 5.69 Å². The number of piperidine rings is 1. The maximum atomic E-state index is 12.6. The van der Waals surface area contributed by atoms with E-state index in [0.717, 1.165) is 48.4 Å². The minimum atomic E-state index is -0.00468. The number of nitrogens with zero attached hydrogens (tertiary/aromatic N) is 3. The standard InChI is InChI=1S/C19H20N4OS/c1-13-4-7-18(22-21-13)23-9-2-3-16(12-23)20-19(24)15-5-6-17-14(11-15)8-10-25-17/h4-8,10-11,16H,2-3,9,12H2,1H3,(H,20,24). The summed E-state index contributed by atoms with van der Waals surface area (Å²) in [4.78, 5) is 14.8. The highest BCUT2D eigenvalue weighted by molar-refractivity contribution is 7.17. The number of rotatable bonds is 3. The molecular weight excluding hydrogens is 332 g/mol. The molecule has 25 heavy (non-hydrogen) atoms. The van der Waals surface area contributed by atoms with Gasteiger partial charge in [0, 0.05) is 29.4 Å². The summed E-state index contributed by atoms with van der Waals surface area (Å²) in [5.41, 5.74) is 1.63. The molecule has 1 unspecified atom stereocenters. The van der Waals surface area contributed by atoms with E-state index in [0.29, 0.717) is 0 Å². The van der Waals surface area contributed by atoms with Gasteiger partial charge in [-0.05, 0) is 66.9 Å². The van der Waals surface area contributed by atoms with E-state index in [9.17, 15) is 4.79 Å². The van der Waals surface area contributed by atoms with Crippen LogP contribution in [0.15, 0.2) is 41.8 Å². The number of thiophene rings is 1. The summed E-state index contributed by atoms with van der Waals surface area (Å²) in [6.45, 7) is 3.65. The van der Waals surface area contributed by atoms with Gasteiger partial charge in [-0.2, -0.15) is 5.10 Å². The highest BCUT2D eigenvalue weighted by Crippen LogP contribution is 2.22. The molecule has 3 heterocycles. The number of carbonyl (C=O) groups is 1. The predicted octanol–water partition coefficient (Wildman–Crippen LogP) is 3.40. The molecule has 3 aromatic rings. The SMILES string of the molecule is Cc1ccc(N2CCCC(NC(=O)c3ccc4sccc4c3)C2)nn1. The van der Waals surface area contributed by atoms with E-state index in [2.05, 4.69) is 26.5 Å². The van der Waals surface area contributed by atoms with Crippen molar-refractivity contribution in [2.75, 3.05) is 18.0 Å². The molecular formula is C19H20N4OS. The van der Waals surface area contributed by atoms with E-state index in [1.807, 2.05) is 42.6 Å². The smallest absolute Gasteiger partial charge is 0.251 e. The highest BCUT2D eigenvalue weighted by Gasteiger charge is 2.23. The van der Waals surface area contributed by atoms with E-state index < -0.39 is 0 Å². The Kier molecular flexibility index (Phi) is 4.36. The van der Waals surface area contributed by atoms with E-state index in [1.54, 1.807) is 11.3 Å². The number of hydrogen-bond acceptors (Lipinski definition) is 5. The quantitative estimate of drug-likeness (QED) is 0.785. The van der Waals surface area contributed by atoms with Crippen molar-refractivity contribution in [1.29, 1.82) is 0 Å². The second-order valence-electron chi connectivity index (χ2n) is 6.46. The summed E-state index contributed by atoms with van der Waals surface area (Å²) in [5.74, 6) is 0.874. The van der Waals surface area contributed by atoms with E-state index in [4.69, 9.17) is 0 Å². The number of aryl methyl sites for hydroxylation is 1. The molecule has 4 rings (SSSR count). The first-order valence-corrected chi connectivity index (χ1v) is 9.40. The molecule has 128 valence electrons. The van der Waals surface area contributed by atoms with Gasteiger partial charge in [-0.15, -0.1) is 16.4 Å². The third-order valence-corrected chi connectivity index (χ3v) is 5.48. The molecule has 0 spiro atoms. The molecule has 0 radical (unpaired) electrons. The molecule has 2 aromatic heterocycles. The average Bonchev–Trinajstić information content (AvgIpc) is 3.10. The van der Waals surface area contributed by atoms with Crippen LogP contribution in [0.2, 0.25) is 0 Å². The Morgan fingerprint density at radius 1 is 1.24 bits per heavy atom. The van der Waals surface area contributed by atoms with Crippen LogP contribution in [0.3, 0.4) is 0 Å². The fourth-order valence-electron chi connectivity index (χ4n) is 3.24. The minimum absolute atomic E-state index is 0.00468. The van der Waals surface area contributed by atoms with E-state index in [1.165, 1.54) is 4.70 Å². The second kappa shape index (κ2) is 6.80. The Hall–Kier alpha value is -2.47. The van der Waals surface area contributed by atoms with Crippen LogP contribution in [0, 0.1) is 6.92 Å². The number of carbonyl (C=O) groups excluding carboxylic acids is 1. The summed E-state index contributed by atoms with van der Waals surface area (Å²) in [6, 6.07) is 12.0. The zero-order valence-electron chi connectivity index (χ0n) is 14.1. The first-order valence-electron chi connectivity index (χ1n) is 8.52. The molecule has 0 bridgehead atoms. The number of fused-ring (bicyclic) bond motifs is 1. The van der Waals surface area contributed by atoms with Crippen molar-refractivity contribution < 1.29 is 4.79 Å².